The van der Waals surface area contributed by atoms with Gasteiger partial charge in [0.05, 0.1) is 5.69 Å². The Morgan fingerprint density at radius 3 is 2.58 bits per heavy atom. The molecule has 0 aliphatic heterocycles. The highest BCUT2D eigenvalue weighted by Gasteiger charge is 2.21. The van der Waals surface area contributed by atoms with Crippen LogP contribution >= 0.6 is 15.9 Å². The lowest BCUT2D eigenvalue weighted by Crippen LogP contribution is -2.16. The number of nitrogens with zero attached hydrogens (tertiary/aromatic N) is 1. The zero-order valence-electron chi connectivity index (χ0n) is 9.27. The number of benzene rings is 1. The van der Waals surface area contributed by atoms with Crippen LogP contribution in [0.3, 0.4) is 0 Å². The van der Waals surface area contributed by atoms with E-state index in [-0.39, 0.29) is 10.2 Å². The van der Waals surface area contributed by atoms with Gasteiger partial charge in [-0.1, -0.05) is 0 Å². The summed E-state index contributed by atoms with van der Waals surface area (Å²) in [5, 5.41) is -0.716. The van der Waals surface area contributed by atoms with Crippen molar-refractivity contribution in [2.75, 3.05) is 4.72 Å². The van der Waals surface area contributed by atoms with Gasteiger partial charge in [-0.2, -0.15) is 8.42 Å². The van der Waals surface area contributed by atoms with Gasteiger partial charge in [-0.15, -0.1) is 0 Å². The van der Waals surface area contributed by atoms with Gasteiger partial charge < -0.3 is 0 Å². The van der Waals surface area contributed by atoms with Crippen molar-refractivity contribution in [1.29, 1.82) is 0 Å². The van der Waals surface area contributed by atoms with E-state index >= 15 is 0 Å². The molecule has 1 aromatic carbocycles. The molecule has 0 aliphatic rings. The van der Waals surface area contributed by atoms with Crippen molar-refractivity contribution in [3.8, 4) is 0 Å². The SMILES string of the molecule is O=S(=O)(Nc1ccc(F)cc1Br)c1ncccc1F. The molecule has 0 aliphatic carbocycles. The third-order valence-corrected chi connectivity index (χ3v) is 4.11. The summed E-state index contributed by atoms with van der Waals surface area (Å²) in [4.78, 5) is 3.48. The minimum absolute atomic E-state index is 0.0893. The molecule has 0 saturated heterocycles. The molecule has 0 radical (unpaired) electrons. The van der Waals surface area contributed by atoms with Gasteiger partial charge in [0.25, 0.3) is 10.0 Å². The third-order valence-electron chi connectivity index (χ3n) is 2.15. The van der Waals surface area contributed by atoms with Crippen LogP contribution < -0.4 is 4.72 Å². The van der Waals surface area contributed by atoms with Gasteiger partial charge >= 0.3 is 0 Å². The Morgan fingerprint density at radius 1 is 1.21 bits per heavy atom. The summed E-state index contributed by atoms with van der Waals surface area (Å²) in [6.07, 6.45) is 1.16. The summed E-state index contributed by atoms with van der Waals surface area (Å²) in [6, 6.07) is 5.66. The number of nitrogens with one attached hydrogen (secondary N) is 1. The summed E-state index contributed by atoms with van der Waals surface area (Å²) in [5.74, 6) is -1.49. The van der Waals surface area contributed by atoms with Crippen molar-refractivity contribution in [3.63, 3.8) is 0 Å². The van der Waals surface area contributed by atoms with Gasteiger partial charge in [0.1, 0.15) is 5.82 Å². The maximum absolute atomic E-state index is 13.4. The van der Waals surface area contributed by atoms with Crippen molar-refractivity contribution in [1.82, 2.24) is 4.98 Å². The van der Waals surface area contributed by atoms with E-state index in [1.165, 1.54) is 12.1 Å². The molecule has 4 nitrogen and oxygen atoms in total. The van der Waals surface area contributed by atoms with Crippen LogP contribution in [0, 0.1) is 11.6 Å². The number of hydrogen-bond donors (Lipinski definition) is 1. The molecule has 0 unspecified atom stereocenters. The molecule has 0 atom stereocenters. The number of hydrogen-bond acceptors (Lipinski definition) is 3. The molecule has 8 heteroatoms. The molecule has 0 bridgehead atoms. The maximum atomic E-state index is 13.4. The molecular formula is C11H7BrF2N2O2S. The Labute approximate surface area is 116 Å². The average molecular weight is 349 g/mol. The lowest BCUT2D eigenvalue weighted by Gasteiger charge is -2.09. The van der Waals surface area contributed by atoms with Crippen LogP contribution in [0.4, 0.5) is 14.5 Å². The molecule has 1 N–H and O–H groups in total. The predicted molar refractivity (Wildman–Crippen MR) is 69.1 cm³/mol. The Balaban J connectivity index is 2.40. The number of halogens is 3. The van der Waals surface area contributed by atoms with Crippen LogP contribution in [0.1, 0.15) is 0 Å². The first-order chi connectivity index (χ1) is 8.90. The zero-order chi connectivity index (χ0) is 14.0. The summed E-state index contributed by atoms with van der Waals surface area (Å²) >= 11 is 3.01. The number of pyridine rings is 1. The van der Waals surface area contributed by atoms with Crippen LogP contribution in [0.15, 0.2) is 46.0 Å². The fourth-order valence-electron chi connectivity index (χ4n) is 1.33. The normalized spacial score (nSPS) is 11.3. The largest absolute Gasteiger partial charge is 0.282 e. The van der Waals surface area contributed by atoms with Gasteiger partial charge in [-0.3, -0.25) is 4.72 Å². The van der Waals surface area contributed by atoms with Crippen LogP contribution in [0.5, 0.6) is 0 Å². The third kappa shape index (κ3) is 3.07. The van der Waals surface area contributed by atoms with Crippen molar-refractivity contribution in [2.24, 2.45) is 0 Å². The van der Waals surface area contributed by atoms with Crippen LogP contribution in [0.2, 0.25) is 0 Å². The molecule has 1 aromatic heterocycles. The molecule has 0 spiro atoms. The first-order valence-corrected chi connectivity index (χ1v) is 7.26. The molecule has 100 valence electrons. The van der Waals surface area contributed by atoms with Crippen molar-refractivity contribution in [2.45, 2.75) is 5.03 Å². The first-order valence-electron chi connectivity index (χ1n) is 4.98. The minimum Gasteiger partial charge on any atom is -0.277 e. The van der Waals surface area contributed by atoms with E-state index in [1.807, 2.05) is 0 Å². The first kappa shape index (κ1) is 13.9. The van der Waals surface area contributed by atoms with Crippen LogP contribution in [-0.4, -0.2) is 13.4 Å². The summed E-state index contributed by atoms with van der Waals surface area (Å²) < 4.78 is 52.5. The lowest BCUT2D eigenvalue weighted by atomic mass is 10.3. The molecular weight excluding hydrogens is 342 g/mol. The van der Waals surface area contributed by atoms with Gasteiger partial charge in [0.15, 0.2) is 5.82 Å². The zero-order valence-corrected chi connectivity index (χ0v) is 11.7. The topological polar surface area (TPSA) is 59.1 Å². The van der Waals surface area contributed by atoms with Gasteiger partial charge in [-0.25, -0.2) is 13.8 Å². The molecule has 2 aromatic rings. The van der Waals surface area contributed by atoms with E-state index < -0.39 is 26.7 Å². The minimum atomic E-state index is -4.17. The monoisotopic (exact) mass is 348 g/mol. The number of aromatic nitrogens is 1. The second-order valence-corrected chi connectivity index (χ2v) is 5.97. The molecule has 0 saturated carbocycles. The quantitative estimate of drug-likeness (QED) is 0.927. The molecule has 0 amide bonds. The second kappa shape index (κ2) is 5.22. The van der Waals surface area contributed by atoms with Crippen LogP contribution in [0.25, 0.3) is 0 Å². The van der Waals surface area contributed by atoms with Gasteiger partial charge in [-0.05, 0) is 46.3 Å². The smallest absolute Gasteiger partial charge is 0.277 e. The molecule has 2 rings (SSSR count). The summed E-state index contributed by atoms with van der Waals surface area (Å²) in [6.45, 7) is 0. The molecule has 0 fully saturated rings. The van der Waals surface area contributed by atoms with Gasteiger partial charge in [0.2, 0.25) is 5.03 Å². The lowest BCUT2D eigenvalue weighted by molar-refractivity contribution is 0.556. The maximum Gasteiger partial charge on any atom is 0.282 e. The van der Waals surface area contributed by atoms with E-state index in [9.17, 15) is 17.2 Å². The number of rotatable bonds is 3. The highest BCUT2D eigenvalue weighted by Crippen LogP contribution is 2.25. The predicted octanol–water partition coefficient (Wildman–Crippen LogP) is 2.92. The van der Waals surface area contributed by atoms with Gasteiger partial charge in [0, 0.05) is 10.7 Å². The highest BCUT2D eigenvalue weighted by molar-refractivity contribution is 9.10. The Hall–Kier alpha value is -1.54. The average Bonchev–Trinajstić information content (AvgIpc) is 2.33. The summed E-state index contributed by atoms with van der Waals surface area (Å²) in [5.41, 5.74) is 0.0893. The molecule has 19 heavy (non-hydrogen) atoms. The molecule has 1 heterocycles. The fraction of sp³-hybridized carbons (Fsp3) is 0. The van der Waals surface area contributed by atoms with E-state index in [0.717, 1.165) is 24.4 Å². The van der Waals surface area contributed by atoms with Crippen molar-refractivity contribution >= 4 is 31.6 Å². The Kier molecular flexibility index (Phi) is 3.81. The van der Waals surface area contributed by atoms with E-state index in [2.05, 4.69) is 25.6 Å². The van der Waals surface area contributed by atoms with E-state index in [0.29, 0.717) is 0 Å². The standard InChI is InChI=1S/C11H7BrF2N2O2S/c12-8-6-7(13)3-4-10(8)16-19(17,18)11-9(14)2-1-5-15-11/h1-6,16H. The van der Waals surface area contributed by atoms with Crippen molar-refractivity contribution in [3.05, 3.63) is 52.6 Å². The van der Waals surface area contributed by atoms with E-state index in [1.54, 1.807) is 0 Å². The Bertz CT molecular complexity index is 722. The second-order valence-electron chi connectivity index (χ2n) is 3.52. The summed E-state index contributed by atoms with van der Waals surface area (Å²) in [7, 11) is -4.17. The Morgan fingerprint density at radius 2 is 1.95 bits per heavy atom. The number of sulfonamides is 1. The fourth-order valence-corrected chi connectivity index (χ4v) is 3.00. The number of anilines is 1. The van der Waals surface area contributed by atoms with Crippen molar-refractivity contribution < 1.29 is 17.2 Å². The van der Waals surface area contributed by atoms with Crippen LogP contribution in [-0.2, 0) is 10.0 Å². The van der Waals surface area contributed by atoms with E-state index in [4.69, 9.17) is 0 Å². The highest BCUT2D eigenvalue weighted by atomic mass is 79.9.